The molecule has 0 aromatic heterocycles. The Bertz CT molecular complexity index is 1060. The van der Waals surface area contributed by atoms with E-state index in [0.717, 1.165) is 22.4 Å². The number of benzene rings is 3. The van der Waals surface area contributed by atoms with E-state index in [9.17, 15) is 4.79 Å². The second-order valence-corrected chi connectivity index (χ2v) is 6.78. The van der Waals surface area contributed by atoms with Crippen molar-refractivity contribution in [2.75, 3.05) is 5.32 Å². The molecule has 150 valence electrons. The van der Waals surface area contributed by atoms with Gasteiger partial charge in [-0.25, -0.2) is 4.79 Å². The van der Waals surface area contributed by atoms with Gasteiger partial charge in [-0.3, -0.25) is 5.43 Å². The number of ether oxygens (including phenoxy) is 1. The summed E-state index contributed by atoms with van der Waals surface area (Å²) in [7, 11) is 0. The monoisotopic (exact) mass is 415 g/mol. The Morgan fingerprint density at radius 3 is 2.37 bits per heavy atom. The molecule has 0 unspecified atom stereocenters. The Hall–Kier alpha value is -3.77. The number of nitrogens with zero attached hydrogens (tertiary/aromatic N) is 1. The van der Waals surface area contributed by atoms with E-state index in [-0.39, 0.29) is 0 Å². The third-order valence-electron chi connectivity index (χ3n) is 4.08. The molecule has 0 aliphatic rings. The molecule has 3 aromatic carbocycles. The number of hydrogen-bond donors (Lipinski definition) is 2. The first kappa shape index (κ1) is 21.0. The van der Waals surface area contributed by atoms with E-state index < -0.39 is 5.97 Å². The third kappa shape index (κ3) is 6.68. The zero-order valence-corrected chi connectivity index (χ0v) is 17.2. The van der Waals surface area contributed by atoms with Crippen LogP contribution in [0.15, 0.2) is 90.0 Å². The minimum absolute atomic E-state index is 0.399. The molecule has 30 heavy (non-hydrogen) atoms. The van der Waals surface area contributed by atoms with Crippen LogP contribution in [0.5, 0.6) is 5.75 Å². The van der Waals surface area contributed by atoms with Gasteiger partial charge in [0.1, 0.15) is 5.75 Å². The molecule has 3 rings (SSSR count). The van der Waals surface area contributed by atoms with Crippen molar-refractivity contribution in [2.45, 2.75) is 6.92 Å². The number of rotatable bonds is 6. The fourth-order valence-corrected chi connectivity index (χ4v) is 2.69. The van der Waals surface area contributed by atoms with Crippen molar-refractivity contribution in [3.05, 3.63) is 102 Å². The molecule has 2 N–H and O–H groups in total. The molecule has 3 aromatic rings. The van der Waals surface area contributed by atoms with Crippen LogP contribution in [-0.4, -0.2) is 17.3 Å². The number of esters is 1. The summed E-state index contributed by atoms with van der Waals surface area (Å²) in [6, 6.07) is 24.4. The predicted octanol–water partition coefficient (Wildman–Crippen LogP) is 4.93. The molecule has 0 atom stereocenters. The van der Waals surface area contributed by atoms with Crippen LogP contribution >= 0.6 is 12.2 Å². The molecular formula is C24H21N3O2S. The van der Waals surface area contributed by atoms with E-state index in [1.165, 1.54) is 6.08 Å². The van der Waals surface area contributed by atoms with Gasteiger partial charge in [-0.15, -0.1) is 0 Å². The molecule has 0 radical (unpaired) electrons. The Kier molecular flexibility index (Phi) is 7.46. The summed E-state index contributed by atoms with van der Waals surface area (Å²) in [5.74, 6) is 0.0223. The van der Waals surface area contributed by atoms with E-state index >= 15 is 0 Å². The number of aryl methyl sites for hydroxylation is 1. The summed E-state index contributed by atoms with van der Waals surface area (Å²) in [5.41, 5.74) is 6.57. The lowest BCUT2D eigenvalue weighted by atomic mass is 10.2. The Labute approximate surface area is 181 Å². The summed E-state index contributed by atoms with van der Waals surface area (Å²) in [4.78, 5) is 11.9. The van der Waals surface area contributed by atoms with E-state index in [1.54, 1.807) is 36.6 Å². The van der Waals surface area contributed by atoms with Crippen molar-refractivity contribution in [2.24, 2.45) is 5.10 Å². The van der Waals surface area contributed by atoms with Crippen LogP contribution in [0.2, 0.25) is 0 Å². The molecule has 0 aliphatic carbocycles. The fraction of sp³-hybridized carbons (Fsp3) is 0.0417. The Balaban J connectivity index is 1.48. The quantitative estimate of drug-likeness (QED) is 0.149. The maximum atomic E-state index is 11.9. The van der Waals surface area contributed by atoms with Crippen LogP contribution in [0.4, 0.5) is 5.69 Å². The lowest BCUT2D eigenvalue weighted by Crippen LogP contribution is -2.24. The minimum Gasteiger partial charge on any atom is -0.423 e. The van der Waals surface area contributed by atoms with Gasteiger partial charge in [-0.1, -0.05) is 48.5 Å². The lowest BCUT2D eigenvalue weighted by molar-refractivity contribution is -0.128. The second kappa shape index (κ2) is 10.7. The van der Waals surface area contributed by atoms with Gasteiger partial charge in [0, 0.05) is 11.8 Å². The van der Waals surface area contributed by atoms with Crippen molar-refractivity contribution in [1.82, 2.24) is 5.43 Å². The fourth-order valence-electron chi connectivity index (χ4n) is 2.53. The van der Waals surface area contributed by atoms with Crippen molar-refractivity contribution >= 4 is 41.3 Å². The standard InChI is InChI=1S/C24H21N3O2S/c1-18-7-5-6-10-22(18)26-24(30)27-25-17-20-11-14-21(15-12-20)29-23(28)16-13-19-8-3-2-4-9-19/h2-17H,1H3,(H2,26,27,30)/b16-13+,25-17+. The Morgan fingerprint density at radius 2 is 1.63 bits per heavy atom. The number of hydrogen-bond acceptors (Lipinski definition) is 4. The van der Waals surface area contributed by atoms with Crippen LogP contribution in [0, 0.1) is 6.92 Å². The van der Waals surface area contributed by atoms with Crippen molar-refractivity contribution in [1.29, 1.82) is 0 Å². The van der Waals surface area contributed by atoms with Crippen LogP contribution in [0.3, 0.4) is 0 Å². The number of carbonyl (C=O) groups excluding carboxylic acids is 1. The van der Waals surface area contributed by atoms with Gasteiger partial charge in [0.05, 0.1) is 6.21 Å². The van der Waals surface area contributed by atoms with Gasteiger partial charge in [0.2, 0.25) is 0 Å². The van der Waals surface area contributed by atoms with E-state index in [0.29, 0.717) is 10.9 Å². The average molecular weight is 416 g/mol. The maximum Gasteiger partial charge on any atom is 0.336 e. The SMILES string of the molecule is Cc1ccccc1NC(=S)N/N=C/c1ccc(OC(=O)/C=C/c2ccccc2)cc1. The van der Waals surface area contributed by atoms with E-state index in [4.69, 9.17) is 17.0 Å². The highest BCUT2D eigenvalue weighted by atomic mass is 32.1. The minimum atomic E-state index is -0.436. The van der Waals surface area contributed by atoms with Gasteiger partial charge in [0.25, 0.3) is 0 Å². The molecule has 0 amide bonds. The molecule has 0 fully saturated rings. The van der Waals surface area contributed by atoms with Crippen molar-refractivity contribution < 1.29 is 9.53 Å². The second-order valence-electron chi connectivity index (χ2n) is 6.37. The summed E-state index contributed by atoms with van der Waals surface area (Å²) in [6.45, 7) is 2.00. The number of thiocarbonyl (C=S) groups is 1. The first-order valence-electron chi connectivity index (χ1n) is 9.31. The van der Waals surface area contributed by atoms with Crippen LogP contribution < -0.4 is 15.5 Å². The van der Waals surface area contributed by atoms with E-state index in [2.05, 4.69) is 15.8 Å². The first-order valence-corrected chi connectivity index (χ1v) is 9.72. The smallest absolute Gasteiger partial charge is 0.336 e. The average Bonchev–Trinajstić information content (AvgIpc) is 2.76. The lowest BCUT2D eigenvalue weighted by Gasteiger charge is -2.09. The number of anilines is 1. The van der Waals surface area contributed by atoms with Crippen LogP contribution in [0.1, 0.15) is 16.7 Å². The van der Waals surface area contributed by atoms with Gasteiger partial charge in [-0.05, 0) is 72.2 Å². The number of para-hydroxylation sites is 1. The highest BCUT2D eigenvalue weighted by Gasteiger charge is 2.01. The molecule has 5 nitrogen and oxygen atoms in total. The number of nitrogens with one attached hydrogen (secondary N) is 2. The highest BCUT2D eigenvalue weighted by Crippen LogP contribution is 2.13. The summed E-state index contributed by atoms with van der Waals surface area (Å²) < 4.78 is 5.29. The van der Waals surface area contributed by atoms with Crippen LogP contribution in [-0.2, 0) is 4.79 Å². The molecule has 0 spiro atoms. The molecule has 0 saturated heterocycles. The first-order chi connectivity index (χ1) is 14.6. The molecule has 0 saturated carbocycles. The van der Waals surface area contributed by atoms with Gasteiger partial charge < -0.3 is 10.1 Å². The molecule has 0 aliphatic heterocycles. The van der Waals surface area contributed by atoms with Gasteiger partial charge >= 0.3 is 5.97 Å². The Morgan fingerprint density at radius 1 is 0.933 bits per heavy atom. The maximum absolute atomic E-state index is 11.9. The number of hydrazone groups is 1. The third-order valence-corrected chi connectivity index (χ3v) is 4.28. The zero-order valence-electron chi connectivity index (χ0n) is 16.4. The summed E-state index contributed by atoms with van der Waals surface area (Å²) in [6.07, 6.45) is 4.74. The largest absolute Gasteiger partial charge is 0.423 e. The van der Waals surface area contributed by atoms with Gasteiger partial charge in [-0.2, -0.15) is 5.10 Å². The molecule has 0 heterocycles. The molecule has 0 bridgehead atoms. The van der Waals surface area contributed by atoms with E-state index in [1.807, 2.05) is 61.5 Å². The zero-order chi connectivity index (χ0) is 21.2. The summed E-state index contributed by atoms with van der Waals surface area (Å²) in [5, 5.41) is 7.62. The summed E-state index contributed by atoms with van der Waals surface area (Å²) >= 11 is 5.24. The van der Waals surface area contributed by atoms with Crippen molar-refractivity contribution in [3.8, 4) is 5.75 Å². The topological polar surface area (TPSA) is 62.7 Å². The van der Waals surface area contributed by atoms with Crippen molar-refractivity contribution in [3.63, 3.8) is 0 Å². The van der Waals surface area contributed by atoms with Crippen LogP contribution in [0.25, 0.3) is 6.08 Å². The predicted molar refractivity (Wildman–Crippen MR) is 126 cm³/mol. The highest BCUT2D eigenvalue weighted by molar-refractivity contribution is 7.80. The van der Waals surface area contributed by atoms with Gasteiger partial charge in [0.15, 0.2) is 5.11 Å². The molecular weight excluding hydrogens is 394 g/mol. The normalized spacial score (nSPS) is 10.8. The number of carbonyl (C=O) groups is 1. The molecule has 6 heteroatoms.